The summed E-state index contributed by atoms with van der Waals surface area (Å²) >= 11 is 0. The van der Waals surface area contributed by atoms with Crippen molar-refractivity contribution in [3.63, 3.8) is 0 Å². The Hall–Kier alpha value is -4.79. The van der Waals surface area contributed by atoms with Crippen molar-refractivity contribution in [1.82, 2.24) is 9.80 Å². The molecule has 1 saturated heterocycles. The number of piperazine rings is 1. The Bertz CT molecular complexity index is 1960. The molecule has 2 N–H and O–H groups in total. The van der Waals surface area contributed by atoms with E-state index >= 15 is 0 Å². The molecule has 0 saturated carbocycles. The van der Waals surface area contributed by atoms with Crippen molar-refractivity contribution in [1.29, 1.82) is 5.26 Å². The van der Waals surface area contributed by atoms with E-state index in [2.05, 4.69) is 21.9 Å². The number of ether oxygens (including phenoxy) is 5. The third-order valence-electron chi connectivity index (χ3n) is 10.9. The molecule has 2 bridgehead atoms. The van der Waals surface area contributed by atoms with Crippen LogP contribution in [0.2, 0.25) is 0 Å². The number of likely N-dealkylation sites (N-methyl/N-ethyl adjacent to an activating group) is 1. The van der Waals surface area contributed by atoms with E-state index in [1.165, 1.54) is 0 Å². The summed E-state index contributed by atoms with van der Waals surface area (Å²) < 4.78 is 31.1. The van der Waals surface area contributed by atoms with Gasteiger partial charge in [-0.25, -0.2) is 0 Å². The summed E-state index contributed by atoms with van der Waals surface area (Å²) in [5.74, 6) is 2.14. The van der Waals surface area contributed by atoms with Crippen LogP contribution in [0.3, 0.4) is 0 Å². The smallest absolute Gasteiger partial charge is 0.231 e. The number of aliphatic hydroxyl groups excluding tert-OH is 1. The van der Waals surface area contributed by atoms with Crippen molar-refractivity contribution < 1.29 is 33.9 Å². The zero-order valence-electron chi connectivity index (χ0n) is 28.6. The van der Waals surface area contributed by atoms with Gasteiger partial charge >= 0.3 is 0 Å². The third kappa shape index (κ3) is 4.99. The van der Waals surface area contributed by atoms with Crippen LogP contribution in [-0.4, -0.2) is 65.7 Å². The zero-order chi connectivity index (χ0) is 34.7. The first-order valence-corrected chi connectivity index (χ1v) is 17.0. The van der Waals surface area contributed by atoms with Gasteiger partial charge in [0, 0.05) is 28.3 Å². The molecule has 0 aliphatic carbocycles. The van der Waals surface area contributed by atoms with Crippen molar-refractivity contribution in [2.45, 2.75) is 69.8 Å². The molecule has 6 atom stereocenters. The fourth-order valence-electron chi connectivity index (χ4n) is 8.73. The number of phenols is 1. The lowest BCUT2D eigenvalue weighted by Gasteiger charge is -2.61. The summed E-state index contributed by atoms with van der Waals surface area (Å²) in [6, 6.07) is 22.2. The molecule has 2 unspecified atom stereocenters. The van der Waals surface area contributed by atoms with Crippen LogP contribution >= 0.6 is 0 Å². The van der Waals surface area contributed by atoms with Crippen molar-refractivity contribution in [2.24, 2.45) is 0 Å². The number of aromatic hydroxyl groups is 1. The number of nitriles is 1. The zero-order valence-corrected chi connectivity index (χ0v) is 28.6. The highest BCUT2D eigenvalue weighted by molar-refractivity contribution is 5.67. The Morgan fingerprint density at radius 3 is 2.28 bits per heavy atom. The van der Waals surface area contributed by atoms with Crippen LogP contribution in [0.5, 0.6) is 28.7 Å². The van der Waals surface area contributed by atoms with Crippen LogP contribution < -0.4 is 18.9 Å². The van der Waals surface area contributed by atoms with Gasteiger partial charge in [-0.3, -0.25) is 9.80 Å². The third-order valence-corrected chi connectivity index (χ3v) is 10.9. The lowest BCUT2D eigenvalue weighted by atomic mass is 9.70. The van der Waals surface area contributed by atoms with Gasteiger partial charge in [-0.15, -0.1) is 0 Å². The van der Waals surface area contributed by atoms with Crippen LogP contribution in [0.1, 0.15) is 62.7 Å². The van der Waals surface area contributed by atoms with Gasteiger partial charge in [0.2, 0.25) is 6.79 Å². The molecule has 10 nitrogen and oxygen atoms in total. The van der Waals surface area contributed by atoms with Gasteiger partial charge in [0.15, 0.2) is 23.0 Å². The van der Waals surface area contributed by atoms with Gasteiger partial charge in [-0.05, 0) is 49.6 Å². The summed E-state index contributed by atoms with van der Waals surface area (Å²) in [6.45, 7) is 4.63. The first kappa shape index (κ1) is 32.4. The Labute approximate surface area is 291 Å². The van der Waals surface area contributed by atoms with Crippen LogP contribution in [0.15, 0.2) is 66.7 Å². The molecule has 0 radical (unpaired) electrons. The molecule has 4 aromatic rings. The van der Waals surface area contributed by atoms with Crippen LogP contribution in [-0.2, 0) is 24.4 Å². The Kier molecular flexibility index (Phi) is 8.32. The number of hydrogen-bond acceptors (Lipinski definition) is 10. The second kappa shape index (κ2) is 12.8. The highest BCUT2D eigenvalue weighted by Crippen LogP contribution is 2.61. The minimum absolute atomic E-state index is 0.00646. The fourth-order valence-corrected chi connectivity index (χ4v) is 8.73. The number of nitrogens with zero attached hydrogens (tertiary/aromatic N) is 3. The Morgan fingerprint density at radius 2 is 1.60 bits per heavy atom. The largest absolute Gasteiger partial charge is 0.507 e. The summed E-state index contributed by atoms with van der Waals surface area (Å²) in [6.07, 6.45) is -0.610. The van der Waals surface area contributed by atoms with Gasteiger partial charge in [0.1, 0.15) is 24.5 Å². The van der Waals surface area contributed by atoms with Crippen LogP contribution in [0.25, 0.3) is 0 Å². The predicted molar refractivity (Wildman–Crippen MR) is 184 cm³/mol. The topological polar surface area (TPSA) is 117 Å². The van der Waals surface area contributed by atoms with E-state index in [0.29, 0.717) is 59.3 Å². The summed E-state index contributed by atoms with van der Waals surface area (Å²) in [5.41, 5.74) is 6.41. The molecule has 4 aromatic carbocycles. The maximum absolute atomic E-state index is 12.6. The number of benzene rings is 4. The van der Waals surface area contributed by atoms with Crippen LogP contribution in [0, 0.1) is 25.2 Å². The van der Waals surface area contributed by atoms with E-state index in [1.807, 2.05) is 74.6 Å². The summed E-state index contributed by atoms with van der Waals surface area (Å²) in [7, 11) is 3.66. The molecule has 0 spiro atoms. The number of hydrogen-bond donors (Lipinski definition) is 2. The molecule has 1 fully saturated rings. The maximum atomic E-state index is 12.6. The lowest BCUT2D eigenvalue weighted by Crippen LogP contribution is -2.69. The van der Waals surface area contributed by atoms with E-state index in [1.54, 1.807) is 14.0 Å². The number of methoxy groups -OCH3 is 1. The molecule has 8 rings (SSSR count). The standard InChI is InChI=1S/C40H41N3O7/c1-22-15-26-16-27-28(17-41)43-29(20-47-18-24-11-7-5-8-12-24)31-32(35(44)23(2)38-40(31)50-21-49-38)36(45)34(43)33(42(27)3)30(26)39(37(22)46-4)48-19-25-13-9-6-10-14-25/h5-15,27-29,33-34,36,44-45H,16,18-21H2,1-4H3/t27?,28-,29-,33?,34-,36-/m0/s1. The first-order chi connectivity index (χ1) is 24.3. The van der Waals surface area contributed by atoms with E-state index in [0.717, 1.165) is 27.8 Å². The first-order valence-electron chi connectivity index (χ1n) is 17.0. The maximum Gasteiger partial charge on any atom is 0.231 e. The second-order valence-corrected chi connectivity index (χ2v) is 13.6. The van der Waals surface area contributed by atoms with Crippen molar-refractivity contribution in [2.75, 3.05) is 27.6 Å². The molecule has 0 amide bonds. The molecule has 50 heavy (non-hydrogen) atoms. The monoisotopic (exact) mass is 675 g/mol. The molecule has 4 aliphatic heterocycles. The van der Waals surface area contributed by atoms with E-state index in [4.69, 9.17) is 23.7 Å². The highest BCUT2D eigenvalue weighted by Gasteiger charge is 2.59. The average Bonchev–Trinajstić information content (AvgIpc) is 3.62. The van der Waals surface area contributed by atoms with Gasteiger partial charge < -0.3 is 33.9 Å². The fraction of sp³-hybridized carbons (Fsp3) is 0.375. The van der Waals surface area contributed by atoms with Crippen molar-refractivity contribution in [3.8, 4) is 34.8 Å². The van der Waals surface area contributed by atoms with Crippen LogP contribution in [0.4, 0.5) is 0 Å². The van der Waals surface area contributed by atoms with E-state index in [9.17, 15) is 15.5 Å². The SMILES string of the molecule is COc1c(C)cc2c(c1OCc1ccccc1)C1[C@H]3[C@@H](O)c4c(O)c(C)c5c(c4[C@H](COCc4ccccc4)N3[C@@H](C#N)C(C2)N1C)OCO5. The minimum atomic E-state index is -1.20. The number of aliphatic hydroxyl groups is 1. The number of phenolic OH excluding ortho intramolecular Hbond substituents is 1. The average molecular weight is 676 g/mol. The van der Waals surface area contributed by atoms with Crippen molar-refractivity contribution in [3.05, 3.63) is 111 Å². The molecule has 4 heterocycles. The molecule has 10 heteroatoms. The van der Waals surface area contributed by atoms with Gasteiger partial charge in [0.25, 0.3) is 0 Å². The summed E-state index contributed by atoms with van der Waals surface area (Å²) in [4.78, 5) is 4.31. The molecular weight excluding hydrogens is 634 g/mol. The second-order valence-electron chi connectivity index (χ2n) is 13.6. The number of fused-ring (bicyclic) bond motifs is 9. The molecular formula is C40H41N3O7. The number of aryl methyl sites for hydroxylation is 1. The highest BCUT2D eigenvalue weighted by atomic mass is 16.7. The van der Waals surface area contributed by atoms with E-state index in [-0.39, 0.29) is 25.2 Å². The Balaban J connectivity index is 1.30. The lowest BCUT2D eigenvalue weighted by molar-refractivity contribution is -0.132. The van der Waals surface area contributed by atoms with E-state index < -0.39 is 30.3 Å². The van der Waals surface area contributed by atoms with Crippen molar-refractivity contribution >= 4 is 0 Å². The minimum Gasteiger partial charge on any atom is -0.507 e. The van der Waals surface area contributed by atoms with Gasteiger partial charge in [0.05, 0.1) is 44.5 Å². The van der Waals surface area contributed by atoms with Gasteiger partial charge in [-0.1, -0.05) is 66.7 Å². The molecule has 0 aromatic heterocycles. The summed E-state index contributed by atoms with van der Waals surface area (Å²) in [5, 5.41) is 35.4. The Morgan fingerprint density at radius 1 is 0.920 bits per heavy atom. The van der Waals surface area contributed by atoms with Gasteiger partial charge in [-0.2, -0.15) is 5.26 Å². The number of rotatable bonds is 8. The molecule has 4 aliphatic rings. The normalized spacial score (nSPS) is 24.9. The quantitative estimate of drug-likeness (QED) is 0.237. The molecule has 258 valence electrons. The predicted octanol–water partition coefficient (Wildman–Crippen LogP) is 5.80.